The Balaban J connectivity index is 2.26. The molecule has 1 heterocycles. The van der Waals surface area contributed by atoms with Crippen LogP contribution in [0.3, 0.4) is 0 Å². The van der Waals surface area contributed by atoms with Gasteiger partial charge in [0.1, 0.15) is 0 Å². The van der Waals surface area contributed by atoms with Gasteiger partial charge in [0, 0.05) is 12.6 Å². The maximum absolute atomic E-state index is 3.52. The lowest BCUT2D eigenvalue weighted by molar-refractivity contribution is 0.166. The highest BCUT2D eigenvalue weighted by Crippen LogP contribution is 2.12. The molecule has 1 aliphatic rings. The third-order valence-electron chi connectivity index (χ3n) is 3.09. The first-order valence-electron chi connectivity index (χ1n) is 6.32. The molecule has 1 saturated heterocycles. The molecule has 1 N–H and O–H groups in total. The standard InChI is InChI=1S/C12H26N2S/c1-3-8-14(9-5-10-15-2)12-6-4-7-13-11-12/h12-13H,3-11H2,1-2H3. The lowest BCUT2D eigenvalue weighted by atomic mass is 10.1. The third-order valence-corrected chi connectivity index (χ3v) is 3.79. The molecule has 1 rings (SSSR count). The second-order valence-electron chi connectivity index (χ2n) is 4.38. The minimum absolute atomic E-state index is 0.806. The minimum Gasteiger partial charge on any atom is -0.315 e. The van der Waals surface area contributed by atoms with E-state index in [0.29, 0.717) is 0 Å². The summed E-state index contributed by atoms with van der Waals surface area (Å²) in [6.07, 6.45) is 7.58. The Hall–Kier alpha value is 0.270. The van der Waals surface area contributed by atoms with Crippen molar-refractivity contribution in [3.8, 4) is 0 Å². The molecule has 0 saturated carbocycles. The van der Waals surface area contributed by atoms with E-state index in [-0.39, 0.29) is 0 Å². The maximum Gasteiger partial charge on any atom is 0.0221 e. The van der Waals surface area contributed by atoms with Crippen molar-refractivity contribution in [2.45, 2.75) is 38.6 Å². The molecule has 0 spiro atoms. The van der Waals surface area contributed by atoms with E-state index in [4.69, 9.17) is 0 Å². The van der Waals surface area contributed by atoms with Gasteiger partial charge in [-0.1, -0.05) is 6.92 Å². The van der Waals surface area contributed by atoms with Crippen LogP contribution < -0.4 is 5.32 Å². The van der Waals surface area contributed by atoms with Gasteiger partial charge in [-0.3, -0.25) is 4.90 Å². The van der Waals surface area contributed by atoms with E-state index < -0.39 is 0 Å². The average molecular weight is 230 g/mol. The number of piperidine rings is 1. The van der Waals surface area contributed by atoms with Gasteiger partial charge < -0.3 is 5.32 Å². The first-order valence-corrected chi connectivity index (χ1v) is 7.71. The van der Waals surface area contributed by atoms with Crippen LogP contribution in [0.4, 0.5) is 0 Å². The highest BCUT2D eigenvalue weighted by Gasteiger charge is 2.19. The lowest BCUT2D eigenvalue weighted by Crippen LogP contribution is -2.46. The topological polar surface area (TPSA) is 15.3 Å². The zero-order valence-corrected chi connectivity index (χ0v) is 11.1. The average Bonchev–Trinajstić information content (AvgIpc) is 2.29. The van der Waals surface area contributed by atoms with E-state index in [1.165, 1.54) is 57.6 Å². The monoisotopic (exact) mass is 230 g/mol. The van der Waals surface area contributed by atoms with Crippen molar-refractivity contribution in [1.82, 2.24) is 10.2 Å². The van der Waals surface area contributed by atoms with E-state index >= 15 is 0 Å². The summed E-state index contributed by atoms with van der Waals surface area (Å²) < 4.78 is 0. The number of hydrogen-bond acceptors (Lipinski definition) is 3. The summed E-state index contributed by atoms with van der Waals surface area (Å²) in [6, 6.07) is 0.806. The number of nitrogens with one attached hydrogen (secondary N) is 1. The Kier molecular flexibility index (Phi) is 7.49. The van der Waals surface area contributed by atoms with Crippen molar-refractivity contribution in [2.24, 2.45) is 0 Å². The fraction of sp³-hybridized carbons (Fsp3) is 1.00. The van der Waals surface area contributed by atoms with Gasteiger partial charge in [0.15, 0.2) is 0 Å². The molecule has 15 heavy (non-hydrogen) atoms. The predicted molar refractivity (Wildman–Crippen MR) is 70.8 cm³/mol. The minimum atomic E-state index is 0.806. The Morgan fingerprint density at radius 1 is 1.40 bits per heavy atom. The van der Waals surface area contributed by atoms with Crippen LogP contribution in [0, 0.1) is 0 Å². The molecule has 1 unspecified atom stereocenters. The Morgan fingerprint density at radius 3 is 2.87 bits per heavy atom. The van der Waals surface area contributed by atoms with Crippen LogP contribution in [-0.2, 0) is 0 Å². The normalized spacial score (nSPS) is 22.2. The highest BCUT2D eigenvalue weighted by atomic mass is 32.2. The van der Waals surface area contributed by atoms with E-state index in [0.717, 1.165) is 6.04 Å². The molecule has 1 atom stereocenters. The van der Waals surface area contributed by atoms with E-state index in [9.17, 15) is 0 Å². The van der Waals surface area contributed by atoms with Crippen LogP contribution in [0.2, 0.25) is 0 Å². The van der Waals surface area contributed by atoms with Gasteiger partial charge in [-0.15, -0.1) is 0 Å². The van der Waals surface area contributed by atoms with Crippen molar-refractivity contribution in [3.63, 3.8) is 0 Å². The van der Waals surface area contributed by atoms with Crippen molar-refractivity contribution in [1.29, 1.82) is 0 Å². The molecule has 0 aromatic heterocycles. The van der Waals surface area contributed by atoms with Gasteiger partial charge in [-0.25, -0.2) is 0 Å². The second kappa shape index (κ2) is 8.43. The molecule has 1 fully saturated rings. The van der Waals surface area contributed by atoms with E-state index in [1.54, 1.807) is 0 Å². The summed E-state index contributed by atoms with van der Waals surface area (Å²) in [5.41, 5.74) is 0. The smallest absolute Gasteiger partial charge is 0.0221 e. The Bertz CT molecular complexity index is 147. The third kappa shape index (κ3) is 5.23. The summed E-state index contributed by atoms with van der Waals surface area (Å²) in [5.74, 6) is 1.31. The number of rotatable bonds is 7. The maximum atomic E-state index is 3.52. The van der Waals surface area contributed by atoms with Crippen LogP contribution in [0.15, 0.2) is 0 Å². The van der Waals surface area contributed by atoms with Crippen molar-refractivity contribution >= 4 is 11.8 Å². The summed E-state index contributed by atoms with van der Waals surface area (Å²) >= 11 is 1.97. The zero-order chi connectivity index (χ0) is 10.9. The van der Waals surface area contributed by atoms with Gasteiger partial charge in [-0.2, -0.15) is 11.8 Å². The molecule has 3 heteroatoms. The molecule has 0 aromatic carbocycles. The quantitative estimate of drug-likeness (QED) is 0.675. The molecule has 90 valence electrons. The predicted octanol–water partition coefficient (Wildman–Crippen LogP) is 2.20. The molecule has 0 aromatic rings. The molecule has 0 amide bonds. The molecule has 0 aliphatic carbocycles. The summed E-state index contributed by atoms with van der Waals surface area (Å²) in [5, 5.41) is 3.52. The number of nitrogens with zero attached hydrogens (tertiary/aromatic N) is 1. The number of hydrogen-bond donors (Lipinski definition) is 1. The largest absolute Gasteiger partial charge is 0.315 e. The van der Waals surface area contributed by atoms with Gasteiger partial charge in [-0.05, 0) is 57.3 Å². The molecular weight excluding hydrogens is 204 g/mol. The van der Waals surface area contributed by atoms with Crippen LogP contribution in [0.5, 0.6) is 0 Å². The summed E-state index contributed by atoms with van der Waals surface area (Å²) in [4.78, 5) is 2.70. The first kappa shape index (κ1) is 13.3. The van der Waals surface area contributed by atoms with Crippen molar-refractivity contribution in [3.05, 3.63) is 0 Å². The second-order valence-corrected chi connectivity index (χ2v) is 5.37. The Morgan fingerprint density at radius 2 is 2.27 bits per heavy atom. The molecule has 0 radical (unpaired) electrons. The van der Waals surface area contributed by atoms with E-state index in [2.05, 4.69) is 23.4 Å². The van der Waals surface area contributed by atoms with Gasteiger partial charge in [0.05, 0.1) is 0 Å². The SMILES string of the molecule is CCCN(CCCSC)C1CCCNC1. The van der Waals surface area contributed by atoms with Crippen LogP contribution in [0.1, 0.15) is 32.6 Å². The zero-order valence-electron chi connectivity index (χ0n) is 10.3. The van der Waals surface area contributed by atoms with Gasteiger partial charge in [0.2, 0.25) is 0 Å². The number of thioether (sulfide) groups is 1. The van der Waals surface area contributed by atoms with Crippen LogP contribution in [-0.4, -0.2) is 49.1 Å². The fourth-order valence-corrected chi connectivity index (χ4v) is 2.74. The molecule has 2 nitrogen and oxygen atoms in total. The lowest BCUT2D eigenvalue weighted by Gasteiger charge is -2.34. The van der Waals surface area contributed by atoms with Crippen LogP contribution >= 0.6 is 11.8 Å². The Labute approximate surface area is 99.2 Å². The molecule has 0 bridgehead atoms. The molecular formula is C12H26N2S. The van der Waals surface area contributed by atoms with Gasteiger partial charge >= 0.3 is 0 Å². The van der Waals surface area contributed by atoms with Crippen LogP contribution in [0.25, 0.3) is 0 Å². The summed E-state index contributed by atoms with van der Waals surface area (Å²) in [6.45, 7) is 7.29. The molecule has 1 aliphatic heterocycles. The highest BCUT2D eigenvalue weighted by molar-refractivity contribution is 7.98. The van der Waals surface area contributed by atoms with Crippen molar-refractivity contribution < 1.29 is 0 Å². The fourth-order valence-electron chi connectivity index (χ4n) is 2.32. The van der Waals surface area contributed by atoms with Gasteiger partial charge in [0.25, 0.3) is 0 Å². The van der Waals surface area contributed by atoms with Crippen molar-refractivity contribution in [2.75, 3.05) is 38.2 Å². The van der Waals surface area contributed by atoms with E-state index in [1.807, 2.05) is 11.8 Å². The summed E-state index contributed by atoms with van der Waals surface area (Å²) in [7, 11) is 0. The first-order chi connectivity index (χ1) is 7.38.